The second kappa shape index (κ2) is 10.1. The number of amides is 1. The number of ether oxygens (including phenoxy) is 2. The van der Waals surface area contributed by atoms with Crippen molar-refractivity contribution in [3.05, 3.63) is 39.9 Å². The molecule has 1 saturated carbocycles. The molecule has 1 aliphatic carbocycles. The van der Waals surface area contributed by atoms with Gasteiger partial charge in [0.25, 0.3) is 5.69 Å². The first-order valence-electron chi connectivity index (χ1n) is 10.0. The van der Waals surface area contributed by atoms with Crippen LogP contribution >= 0.6 is 11.6 Å². The maximum absolute atomic E-state index is 12.8. The van der Waals surface area contributed by atoms with Crippen molar-refractivity contribution in [1.29, 1.82) is 0 Å². The zero-order valence-corrected chi connectivity index (χ0v) is 18.6. The van der Waals surface area contributed by atoms with E-state index < -0.39 is 28.6 Å². The molecule has 3 atom stereocenters. The molecule has 0 radical (unpaired) electrons. The van der Waals surface area contributed by atoms with Crippen molar-refractivity contribution >= 4 is 29.4 Å². The fraction of sp³-hybridized carbons (Fsp3) is 0.619. The standard InChI is InChI=1S/C21H29ClN2O6/c1-14(19(25)29-13-15-7-9-17(10-8-15)24(27)28)23(20(26)30-21(2,3)4)18-12-16(18)6-5-11-22/h7-10,14,16,18H,5-6,11-13H2,1-4H3/t14-,16?,18?/m0/s1. The number of halogens is 1. The summed E-state index contributed by atoms with van der Waals surface area (Å²) in [7, 11) is 0. The number of esters is 1. The van der Waals surface area contributed by atoms with Gasteiger partial charge in [0.05, 0.1) is 4.92 Å². The SMILES string of the molecule is C[C@@H](C(=O)OCc1ccc([N+](=O)[O-])cc1)N(C(=O)OC(C)(C)C)C1CC1CCCCl. The number of nitro groups is 1. The zero-order chi connectivity index (χ0) is 22.5. The van der Waals surface area contributed by atoms with Gasteiger partial charge in [0.1, 0.15) is 18.2 Å². The van der Waals surface area contributed by atoms with Crippen LogP contribution in [0.4, 0.5) is 10.5 Å². The lowest BCUT2D eigenvalue weighted by atomic mass is 10.2. The van der Waals surface area contributed by atoms with Crippen LogP contribution in [0.3, 0.4) is 0 Å². The van der Waals surface area contributed by atoms with Crippen LogP contribution in [-0.2, 0) is 20.9 Å². The lowest BCUT2D eigenvalue weighted by Crippen LogP contribution is -2.48. The first kappa shape index (κ1) is 23.9. The van der Waals surface area contributed by atoms with Crippen LogP contribution < -0.4 is 0 Å². The molecular formula is C21H29ClN2O6. The van der Waals surface area contributed by atoms with Crippen molar-refractivity contribution in [2.45, 2.75) is 71.2 Å². The minimum atomic E-state index is -0.816. The molecule has 0 heterocycles. The Morgan fingerprint density at radius 3 is 2.47 bits per heavy atom. The summed E-state index contributed by atoms with van der Waals surface area (Å²) in [6.45, 7) is 6.91. The number of nitro benzene ring substituents is 1. The Balaban J connectivity index is 2.02. The summed E-state index contributed by atoms with van der Waals surface area (Å²) in [5.74, 6) is 0.297. The van der Waals surface area contributed by atoms with E-state index >= 15 is 0 Å². The van der Waals surface area contributed by atoms with Crippen LogP contribution in [0, 0.1) is 16.0 Å². The fourth-order valence-electron chi connectivity index (χ4n) is 3.22. The van der Waals surface area contributed by atoms with Gasteiger partial charge in [-0.05, 0) is 70.6 Å². The third-order valence-electron chi connectivity index (χ3n) is 4.84. The number of rotatable bonds is 9. The number of non-ortho nitro benzene ring substituents is 1. The summed E-state index contributed by atoms with van der Waals surface area (Å²) in [6.07, 6.45) is 2.00. The highest BCUT2D eigenvalue weighted by molar-refractivity contribution is 6.17. The van der Waals surface area contributed by atoms with Gasteiger partial charge in [-0.15, -0.1) is 11.6 Å². The van der Waals surface area contributed by atoms with Crippen LogP contribution in [-0.4, -0.2) is 45.5 Å². The van der Waals surface area contributed by atoms with Crippen LogP contribution in [0.2, 0.25) is 0 Å². The molecule has 1 aliphatic rings. The van der Waals surface area contributed by atoms with E-state index in [1.165, 1.54) is 29.2 Å². The molecule has 9 heteroatoms. The number of alkyl halides is 1. The number of nitrogens with zero attached hydrogens (tertiary/aromatic N) is 2. The average molecular weight is 441 g/mol. The molecule has 0 spiro atoms. The van der Waals surface area contributed by atoms with E-state index in [2.05, 4.69) is 0 Å². The van der Waals surface area contributed by atoms with Crippen molar-refractivity contribution in [2.24, 2.45) is 5.92 Å². The summed E-state index contributed by atoms with van der Waals surface area (Å²) in [5.41, 5.74) is -0.0965. The minimum absolute atomic E-state index is 0.0359. The van der Waals surface area contributed by atoms with Gasteiger partial charge in [-0.2, -0.15) is 0 Å². The van der Waals surface area contributed by atoms with Crippen molar-refractivity contribution in [1.82, 2.24) is 4.90 Å². The van der Waals surface area contributed by atoms with E-state index in [-0.39, 0.29) is 18.3 Å². The van der Waals surface area contributed by atoms with Crippen LogP contribution in [0.5, 0.6) is 0 Å². The maximum Gasteiger partial charge on any atom is 0.411 e. The normalized spacial score (nSPS) is 19.0. The molecule has 1 amide bonds. The maximum atomic E-state index is 12.8. The Labute approximate surface area is 181 Å². The molecular weight excluding hydrogens is 412 g/mol. The highest BCUT2D eigenvalue weighted by atomic mass is 35.5. The lowest BCUT2D eigenvalue weighted by Gasteiger charge is -2.31. The predicted molar refractivity (Wildman–Crippen MR) is 112 cm³/mol. The molecule has 30 heavy (non-hydrogen) atoms. The number of carbonyl (C=O) groups excluding carboxylic acids is 2. The van der Waals surface area contributed by atoms with E-state index in [0.29, 0.717) is 17.4 Å². The van der Waals surface area contributed by atoms with Crippen molar-refractivity contribution < 1.29 is 24.0 Å². The Morgan fingerprint density at radius 2 is 1.93 bits per heavy atom. The molecule has 0 saturated heterocycles. The summed E-state index contributed by atoms with van der Waals surface area (Å²) >= 11 is 5.77. The zero-order valence-electron chi connectivity index (χ0n) is 17.8. The molecule has 0 N–H and O–H groups in total. The molecule has 1 fully saturated rings. The van der Waals surface area contributed by atoms with Crippen LogP contribution in [0.1, 0.15) is 52.5 Å². The van der Waals surface area contributed by atoms with Gasteiger partial charge in [-0.25, -0.2) is 9.59 Å². The molecule has 2 unspecified atom stereocenters. The van der Waals surface area contributed by atoms with Crippen molar-refractivity contribution in [2.75, 3.05) is 5.88 Å². The van der Waals surface area contributed by atoms with Crippen LogP contribution in [0.15, 0.2) is 24.3 Å². The quantitative estimate of drug-likeness (QED) is 0.239. The molecule has 1 aromatic rings. The van der Waals surface area contributed by atoms with Gasteiger partial charge >= 0.3 is 12.1 Å². The lowest BCUT2D eigenvalue weighted by molar-refractivity contribution is -0.384. The monoisotopic (exact) mass is 440 g/mol. The smallest absolute Gasteiger partial charge is 0.411 e. The molecule has 0 bridgehead atoms. The van der Waals surface area contributed by atoms with E-state index in [0.717, 1.165) is 19.3 Å². The van der Waals surface area contributed by atoms with E-state index in [9.17, 15) is 19.7 Å². The number of carbonyl (C=O) groups is 2. The largest absolute Gasteiger partial charge is 0.459 e. The number of hydrogen-bond acceptors (Lipinski definition) is 6. The molecule has 2 rings (SSSR count). The summed E-state index contributed by atoms with van der Waals surface area (Å²) in [6, 6.07) is 4.88. The van der Waals surface area contributed by atoms with Crippen molar-refractivity contribution in [3.63, 3.8) is 0 Å². The molecule has 166 valence electrons. The summed E-state index contributed by atoms with van der Waals surface area (Å²) in [4.78, 5) is 37.2. The number of benzene rings is 1. The second-order valence-electron chi connectivity index (χ2n) is 8.49. The minimum Gasteiger partial charge on any atom is -0.459 e. The van der Waals surface area contributed by atoms with Crippen molar-refractivity contribution in [3.8, 4) is 0 Å². The highest BCUT2D eigenvalue weighted by Crippen LogP contribution is 2.41. The molecule has 1 aromatic carbocycles. The van der Waals surface area contributed by atoms with Crippen LogP contribution in [0.25, 0.3) is 0 Å². The Morgan fingerprint density at radius 1 is 1.30 bits per heavy atom. The summed E-state index contributed by atoms with van der Waals surface area (Å²) in [5, 5.41) is 10.7. The Kier molecular flexibility index (Phi) is 8.06. The van der Waals surface area contributed by atoms with Gasteiger partial charge in [0, 0.05) is 24.1 Å². The van der Waals surface area contributed by atoms with E-state index in [4.69, 9.17) is 21.1 Å². The fourth-order valence-corrected chi connectivity index (χ4v) is 3.37. The second-order valence-corrected chi connectivity index (χ2v) is 8.87. The van der Waals surface area contributed by atoms with Gasteiger partial charge in [0.15, 0.2) is 0 Å². The van der Waals surface area contributed by atoms with E-state index in [1.807, 2.05) is 0 Å². The third kappa shape index (κ3) is 6.86. The Bertz CT molecular complexity index is 762. The number of hydrogen-bond donors (Lipinski definition) is 0. The highest BCUT2D eigenvalue weighted by Gasteiger charge is 2.48. The summed E-state index contributed by atoms with van der Waals surface area (Å²) < 4.78 is 10.9. The first-order valence-corrected chi connectivity index (χ1v) is 10.5. The third-order valence-corrected chi connectivity index (χ3v) is 5.11. The molecule has 0 aliphatic heterocycles. The van der Waals surface area contributed by atoms with Gasteiger partial charge in [0.2, 0.25) is 0 Å². The van der Waals surface area contributed by atoms with Gasteiger partial charge in [-0.3, -0.25) is 15.0 Å². The van der Waals surface area contributed by atoms with Gasteiger partial charge in [-0.1, -0.05) is 0 Å². The molecule has 8 nitrogen and oxygen atoms in total. The molecule has 0 aromatic heterocycles. The topological polar surface area (TPSA) is 99.0 Å². The first-order chi connectivity index (χ1) is 14.0. The Hall–Kier alpha value is -2.35. The van der Waals surface area contributed by atoms with E-state index in [1.54, 1.807) is 27.7 Å². The van der Waals surface area contributed by atoms with Gasteiger partial charge < -0.3 is 9.47 Å². The average Bonchev–Trinajstić information content (AvgIpc) is 3.42. The predicted octanol–water partition coefficient (Wildman–Crippen LogP) is 4.67.